The monoisotopic (exact) mass is 398 g/mol. The van der Waals surface area contributed by atoms with Crippen LogP contribution in [-0.4, -0.2) is 21.4 Å². The van der Waals surface area contributed by atoms with E-state index in [9.17, 15) is 17.6 Å². The number of carbonyl (C=O) groups is 1. The Hall–Kier alpha value is -3.19. The molecule has 0 radical (unpaired) electrons. The first kappa shape index (κ1) is 19.6. The highest BCUT2D eigenvalue weighted by molar-refractivity contribution is 7.92. The van der Waals surface area contributed by atoms with E-state index >= 15 is 0 Å². The van der Waals surface area contributed by atoms with Gasteiger partial charge in [-0.05, 0) is 48.0 Å². The molecule has 0 bridgehead atoms. The van der Waals surface area contributed by atoms with Gasteiger partial charge < -0.3 is 5.32 Å². The first-order valence-electron chi connectivity index (χ1n) is 8.54. The Balaban J connectivity index is 1.77. The first-order chi connectivity index (χ1) is 13.4. The van der Waals surface area contributed by atoms with Crippen molar-refractivity contribution in [2.24, 2.45) is 0 Å². The Morgan fingerprint density at radius 3 is 2.39 bits per heavy atom. The molecule has 3 aromatic rings. The van der Waals surface area contributed by atoms with Crippen molar-refractivity contribution in [1.82, 2.24) is 5.32 Å². The third-order valence-corrected chi connectivity index (χ3v) is 6.02. The quantitative estimate of drug-likeness (QED) is 0.690. The second kappa shape index (κ2) is 8.22. The smallest absolute Gasteiger partial charge is 0.264 e. The summed E-state index contributed by atoms with van der Waals surface area (Å²) in [6, 6.07) is 20.3. The number of carbonyl (C=O) groups excluding carboxylic acids is 1. The fourth-order valence-corrected chi connectivity index (χ4v) is 3.87. The highest BCUT2D eigenvalue weighted by Gasteiger charge is 2.21. The van der Waals surface area contributed by atoms with Crippen LogP contribution < -0.4 is 9.62 Å². The first-order valence-corrected chi connectivity index (χ1v) is 9.98. The van der Waals surface area contributed by atoms with Gasteiger partial charge in [0.25, 0.3) is 15.9 Å². The molecule has 0 unspecified atom stereocenters. The molecule has 0 heterocycles. The number of hydrogen-bond acceptors (Lipinski definition) is 3. The molecule has 0 aromatic heterocycles. The highest BCUT2D eigenvalue weighted by Crippen LogP contribution is 2.22. The van der Waals surface area contributed by atoms with E-state index in [1.54, 1.807) is 48.5 Å². The molecule has 0 spiro atoms. The second-order valence-electron chi connectivity index (χ2n) is 6.15. The van der Waals surface area contributed by atoms with Gasteiger partial charge in [-0.25, -0.2) is 12.8 Å². The van der Waals surface area contributed by atoms with Crippen LogP contribution in [0.1, 0.15) is 15.9 Å². The van der Waals surface area contributed by atoms with Crippen molar-refractivity contribution < 1.29 is 17.6 Å². The van der Waals surface area contributed by atoms with Crippen LogP contribution in [0.3, 0.4) is 0 Å². The molecule has 0 saturated carbocycles. The molecule has 28 heavy (non-hydrogen) atoms. The minimum absolute atomic E-state index is 0.165. The number of anilines is 1. The van der Waals surface area contributed by atoms with Crippen molar-refractivity contribution >= 4 is 21.6 Å². The number of benzene rings is 3. The van der Waals surface area contributed by atoms with Crippen LogP contribution in [0.4, 0.5) is 10.1 Å². The molecule has 0 aliphatic heterocycles. The van der Waals surface area contributed by atoms with Crippen LogP contribution in [0, 0.1) is 5.82 Å². The van der Waals surface area contributed by atoms with Gasteiger partial charge in [0.1, 0.15) is 5.82 Å². The maximum absolute atomic E-state index is 13.2. The molecule has 0 aliphatic carbocycles. The minimum Gasteiger partial charge on any atom is -0.348 e. The summed E-state index contributed by atoms with van der Waals surface area (Å²) in [6.07, 6.45) is 0. The van der Waals surface area contributed by atoms with Crippen LogP contribution in [-0.2, 0) is 16.6 Å². The predicted molar refractivity (Wildman–Crippen MR) is 106 cm³/mol. The Kier molecular flexibility index (Phi) is 5.75. The average molecular weight is 398 g/mol. The van der Waals surface area contributed by atoms with Crippen LogP contribution in [0.5, 0.6) is 0 Å². The molecule has 0 saturated heterocycles. The zero-order valence-corrected chi connectivity index (χ0v) is 16.0. The number of rotatable bonds is 6. The molecule has 1 N–H and O–H groups in total. The summed E-state index contributed by atoms with van der Waals surface area (Å²) in [7, 11) is -2.30. The SMILES string of the molecule is CN(c1cccc(C(=O)NCc2cccc(F)c2)c1)S(=O)(=O)c1ccccc1. The van der Waals surface area contributed by atoms with Gasteiger partial charge in [0.05, 0.1) is 10.6 Å². The molecule has 5 nitrogen and oxygen atoms in total. The minimum atomic E-state index is -3.73. The predicted octanol–water partition coefficient (Wildman–Crippen LogP) is 3.58. The number of nitrogens with zero attached hydrogens (tertiary/aromatic N) is 1. The largest absolute Gasteiger partial charge is 0.348 e. The molecule has 144 valence electrons. The summed E-state index contributed by atoms with van der Waals surface area (Å²) in [4.78, 5) is 12.6. The van der Waals surface area contributed by atoms with Crippen molar-refractivity contribution in [1.29, 1.82) is 0 Å². The topological polar surface area (TPSA) is 66.5 Å². The van der Waals surface area contributed by atoms with Gasteiger partial charge in [-0.3, -0.25) is 9.10 Å². The molecule has 7 heteroatoms. The van der Waals surface area contributed by atoms with Gasteiger partial charge in [0, 0.05) is 19.2 Å². The number of sulfonamides is 1. The van der Waals surface area contributed by atoms with Crippen molar-refractivity contribution in [3.8, 4) is 0 Å². The zero-order valence-electron chi connectivity index (χ0n) is 15.2. The van der Waals surface area contributed by atoms with Gasteiger partial charge in [-0.2, -0.15) is 0 Å². The van der Waals surface area contributed by atoms with E-state index in [-0.39, 0.29) is 23.2 Å². The van der Waals surface area contributed by atoms with Gasteiger partial charge in [-0.1, -0.05) is 36.4 Å². The maximum atomic E-state index is 13.2. The molecule has 1 amide bonds. The van der Waals surface area contributed by atoms with Crippen LogP contribution in [0.25, 0.3) is 0 Å². The fraction of sp³-hybridized carbons (Fsp3) is 0.0952. The van der Waals surface area contributed by atoms with E-state index in [0.29, 0.717) is 16.8 Å². The molecule has 0 atom stereocenters. The lowest BCUT2D eigenvalue weighted by Gasteiger charge is -2.20. The summed E-state index contributed by atoms with van der Waals surface area (Å²) < 4.78 is 39.9. The van der Waals surface area contributed by atoms with Gasteiger partial charge >= 0.3 is 0 Å². The van der Waals surface area contributed by atoms with Crippen LogP contribution >= 0.6 is 0 Å². The number of amides is 1. The van der Waals surface area contributed by atoms with E-state index in [0.717, 1.165) is 4.31 Å². The molecule has 3 rings (SSSR count). The number of halogens is 1. The lowest BCUT2D eigenvalue weighted by Crippen LogP contribution is -2.27. The fourth-order valence-electron chi connectivity index (χ4n) is 2.66. The molecular weight excluding hydrogens is 379 g/mol. The van der Waals surface area contributed by atoms with Gasteiger partial charge in [0.2, 0.25) is 0 Å². The standard InChI is InChI=1S/C21H19FN2O3S/c1-24(28(26,27)20-11-3-2-4-12-20)19-10-6-8-17(14-19)21(25)23-15-16-7-5-9-18(22)13-16/h2-14H,15H2,1H3,(H,23,25). The molecular formula is C21H19FN2O3S. The van der Waals surface area contributed by atoms with E-state index in [2.05, 4.69) is 5.32 Å². The number of nitrogens with one attached hydrogen (secondary N) is 1. The molecule has 3 aromatic carbocycles. The third kappa shape index (κ3) is 4.37. The highest BCUT2D eigenvalue weighted by atomic mass is 32.2. The summed E-state index contributed by atoms with van der Waals surface area (Å²) in [5.74, 6) is -0.752. The van der Waals surface area contributed by atoms with E-state index in [4.69, 9.17) is 0 Å². The second-order valence-corrected chi connectivity index (χ2v) is 8.12. The Labute approximate surface area is 163 Å². The Morgan fingerprint density at radius 2 is 1.68 bits per heavy atom. The summed E-state index contributed by atoms with van der Waals surface area (Å²) in [5.41, 5.74) is 1.31. The Morgan fingerprint density at radius 1 is 0.964 bits per heavy atom. The summed E-state index contributed by atoms with van der Waals surface area (Å²) in [6.45, 7) is 0.166. The third-order valence-electron chi connectivity index (χ3n) is 4.22. The molecule has 0 fully saturated rings. The van der Waals surface area contributed by atoms with Crippen molar-refractivity contribution in [3.05, 3.63) is 95.8 Å². The number of hydrogen-bond donors (Lipinski definition) is 1. The summed E-state index contributed by atoms with van der Waals surface area (Å²) >= 11 is 0. The van der Waals surface area contributed by atoms with Crippen molar-refractivity contribution in [2.45, 2.75) is 11.4 Å². The van der Waals surface area contributed by atoms with Crippen LogP contribution in [0.2, 0.25) is 0 Å². The lowest BCUT2D eigenvalue weighted by molar-refractivity contribution is 0.0951. The van der Waals surface area contributed by atoms with Crippen LogP contribution in [0.15, 0.2) is 83.8 Å². The zero-order chi connectivity index (χ0) is 20.1. The van der Waals surface area contributed by atoms with Crippen molar-refractivity contribution in [3.63, 3.8) is 0 Å². The van der Waals surface area contributed by atoms with Crippen molar-refractivity contribution in [2.75, 3.05) is 11.4 Å². The lowest BCUT2D eigenvalue weighted by atomic mass is 10.1. The summed E-state index contributed by atoms with van der Waals surface area (Å²) in [5, 5.41) is 2.71. The van der Waals surface area contributed by atoms with E-state index in [1.165, 1.54) is 37.4 Å². The normalized spacial score (nSPS) is 11.1. The van der Waals surface area contributed by atoms with E-state index < -0.39 is 10.0 Å². The van der Waals surface area contributed by atoms with E-state index in [1.807, 2.05) is 0 Å². The van der Waals surface area contributed by atoms with Gasteiger partial charge in [-0.15, -0.1) is 0 Å². The Bertz CT molecular complexity index is 1090. The maximum Gasteiger partial charge on any atom is 0.264 e. The molecule has 0 aliphatic rings. The van der Waals surface area contributed by atoms with Gasteiger partial charge in [0.15, 0.2) is 0 Å². The average Bonchev–Trinajstić information content (AvgIpc) is 2.72.